The highest BCUT2D eigenvalue weighted by molar-refractivity contribution is 5.97. The number of carbonyl (C=O) groups is 1. The normalized spacial score (nSPS) is 21.7. The lowest BCUT2D eigenvalue weighted by atomic mass is 10.1. The Hall–Kier alpha value is -3.61. The predicted octanol–water partition coefficient (Wildman–Crippen LogP) is 2.68. The van der Waals surface area contributed by atoms with Crippen LogP contribution in [0.2, 0.25) is 0 Å². The molecule has 4 heterocycles. The van der Waals surface area contributed by atoms with E-state index in [1.807, 2.05) is 12.3 Å². The van der Waals surface area contributed by atoms with Crippen molar-refractivity contribution < 1.29 is 9.53 Å². The van der Waals surface area contributed by atoms with Gasteiger partial charge in [-0.05, 0) is 42.9 Å². The minimum absolute atomic E-state index is 0.0162. The van der Waals surface area contributed by atoms with Crippen LogP contribution in [0.3, 0.4) is 0 Å². The number of fused-ring (bicyclic) bond motifs is 1. The number of aromatic nitrogens is 4. The molecule has 0 unspecified atom stereocenters. The minimum Gasteiger partial charge on any atom is -0.376 e. The van der Waals surface area contributed by atoms with Crippen LogP contribution < -0.4 is 10.6 Å². The van der Waals surface area contributed by atoms with Crippen molar-refractivity contribution in [3.05, 3.63) is 47.4 Å². The van der Waals surface area contributed by atoms with Crippen LogP contribution in [0, 0.1) is 23.7 Å². The zero-order chi connectivity index (χ0) is 24.4. The molecule has 0 spiro atoms. The van der Waals surface area contributed by atoms with Crippen LogP contribution in [0.5, 0.6) is 0 Å². The monoisotopic (exact) mass is 471 g/mol. The molecule has 3 aromatic rings. The lowest BCUT2D eigenvalue weighted by Crippen LogP contribution is -2.40. The first-order chi connectivity index (χ1) is 17.0. The van der Waals surface area contributed by atoms with Crippen LogP contribution in [0.25, 0.3) is 10.9 Å². The number of rotatable bonds is 5. The van der Waals surface area contributed by atoms with E-state index in [-0.39, 0.29) is 17.9 Å². The van der Waals surface area contributed by atoms with E-state index in [1.54, 1.807) is 19.3 Å². The first-order valence-corrected chi connectivity index (χ1v) is 12.0. The van der Waals surface area contributed by atoms with Gasteiger partial charge in [-0.2, -0.15) is 0 Å². The number of nitrogens with zero attached hydrogens (tertiary/aromatic N) is 5. The van der Waals surface area contributed by atoms with Gasteiger partial charge in [0.05, 0.1) is 18.3 Å². The first-order valence-electron chi connectivity index (χ1n) is 12.0. The summed E-state index contributed by atoms with van der Waals surface area (Å²) in [5.74, 6) is 7.78. The molecule has 1 aliphatic heterocycles. The lowest BCUT2D eigenvalue weighted by Gasteiger charge is -2.30. The van der Waals surface area contributed by atoms with Gasteiger partial charge in [-0.1, -0.05) is 18.9 Å². The molecule has 2 aliphatic rings. The molecule has 9 nitrogen and oxygen atoms in total. The van der Waals surface area contributed by atoms with E-state index in [0.717, 1.165) is 43.6 Å². The molecule has 0 radical (unpaired) electrons. The van der Waals surface area contributed by atoms with Gasteiger partial charge in [0.2, 0.25) is 5.91 Å². The van der Waals surface area contributed by atoms with Gasteiger partial charge < -0.3 is 15.4 Å². The van der Waals surface area contributed by atoms with Crippen molar-refractivity contribution in [2.24, 2.45) is 11.8 Å². The highest BCUT2D eigenvalue weighted by atomic mass is 16.5. The quantitative estimate of drug-likeness (QED) is 0.548. The van der Waals surface area contributed by atoms with E-state index in [4.69, 9.17) is 4.74 Å². The second-order valence-electron chi connectivity index (χ2n) is 9.29. The first kappa shape index (κ1) is 23.1. The predicted molar refractivity (Wildman–Crippen MR) is 134 cm³/mol. The largest absolute Gasteiger partial charge is 0.376 e. The Morgan fingerprint density at radius 3 is 2.77 bits per heavy atom. The average Bonchev–Trinajstić information content (AvgIpc) is 3.60. The van der Waals surface area contributed by atoms with Crippen molar-refractivity contribution in [1.82, 2.24) is 25.1 Å². The van der Waals surface area contributed by atoms with Gasteiger partial charge in [0.25, 0.3) is 0 Å². The molecule has 0 aromatic carbocycles. The molecule has 180 valence electrons. The molecular formula is C26H29N7O2. The van der Waals surface area contributed by atoms with Crippen LogP contribution in [0.1, 0.15) is 37.1 Å². The third kappa shape index (κ3) is 5.39. The number of ether oxygens (including phenoxy) is 1. The molecule has 1 saturated heterocycles. The van der Waals surface area contributed by atoms with Gasteiger partial charge in [-0.25, -0.2) is 9.97 Å². The number of hydrogen-bond donors (Lipinski definition) is 2. The molecule has 3 aromatic heterocycles. The molecule has 9 heteroatoms. The summed E-state index contributed by atoms with van der Waals surface area (Å²) in [7, 11) is 1.78. The van der Waals surface area contributed by atoms with Crippen LogP contribution in [0.15, 0.2) is 30.6 Å². The van der Waals surface area contributed by atoms with E-state index in [0.29, 0.717) is 34.3 Å². The summed E-state index contributed by atoms with van der Waals surface area (Å²) in [4.78, 5) is 23.7. The maximum absolute atomic E-state index is 12.4. The SMILES string of the molecule is CNc1ncc(C#Cc2ccc(CN3CCO[C@@H](C)C3)cn2)c2cc(NC(=O)[C@H]3C[C@H]3C)nnc12. The number of anilines is 2. The summed E-state index contributed by atoms with van der Waals surface area (Å²) in [6.45, 7) is 7.64. The fraction of sp³-hybridized carbons (Fsp3) is 0.423. The van der Waals surface area contributed by atoms with E-state index >= 15 is 0 Å². The standard InChI is InChI=1S/C26H29N7O2/c1-16-10-21(16)26(34)30-23-11-22-19(13-29-25(27-3)24(22)32-31-23)5-7-20-6-4-18(12-28-20)15-33-8-9-35-17(2)14-33/h4,6,11-13,16-17,21H,8-10,14-15H2,1-3H3,(H,27,29)(H,30,31,34)/t16-,17+,21+/m1/s1. The Balaban J connectivity index is 1.36. The zero-order valence-corrected chi connectivity index (χ0v) is 20.2. The number of amides is 1. The summed E-state index contributed by atoms with van der Waals surface area (Å²) < 4.78 is 5.61. The summed E-state index contributed by atoms with van der Waals surface area (Å²) >= 11 is 0. The van der Waals surface area contributed by atoms with Crippen molar-refractivity contribution in [1.29, 1.82) is 0 Å². The third-order valence-corrected chi connectivity index (χ3v) is 6.45. The molecule has 1 saturated carbocycles. The van der Waals surface area contributed by atoms with Crippen LogP contribution in [-0.2, 0) is 16.1 Å². The second kappa shape index (κ2) is 9.94. The highest BCUT2D eigenvalue weighted by Gasteiger charge is 2.39. The summed E-state index contributed by atoms with van der Waals surface area (Å²) in [6, 6.07) is 5.81. The molecule has 1 amide bonds. The van der Waals surface area contributed by atoms with Crippen molar-refractivity contribution in [2.75, 3.05) is 37.4 Å². The van der Waals surface area contributed by atoms with Gasteiger partial charge >= 0.3 is 0 Å². The maximum Gasteiger partial charge on any atom is 0.228 e. The van der Waals surface area contributed by atoms with Crippen LogP contribution in [-0.4, -0.2) is 63.8 Å². The van der Waals surface area contributed by atoms with Crippen molar-refractivity contribution in [3.8, 4) is 11.8 Å². The van der Waals surface area contributed by atoms with Crippen molar-refractivity contribution in [3.63, 3.8) is 0 Å². The molecule has 2 fully saturated rings. The third-order valence-electron chi connectivity index (χ3n) is 6.45. The Labute approximate surface area is 204 Å². The summed E-state index contributed by atoms with van der Waals surface area (Å²) in [6.07, 6.45) is 4.75. The Morgan fingerprint density at radius 1 is 1.20 bits per heavy atom. The molecule has 5 rings (SSSR count). The van der Waals surface area contributed by atoms with Gasteiger partial charge in [-0.15, -0.1) is 10.2 Å². The summed E-state index contributed by atoms with van der Waals surface area (Å²) in [5.41, 5.74) is 3.11. The molecule has 3 atom stereocenters. The number of morpholine rings is 1. The summed E-state index contributed by atoms with van der Waals surface area (Å²) in [5, 5.41) is 15.2. The molecule has 0 bridgehead atoms. The Morgan fingerprint density at radius 2 is 2.06 bits per heavy atom. The second-order valence-corrected chi connectivity index (χ2v) is 9.29. The van der Waals surface area contributed by atoms with Gasteiger partial charge in [-0.3, -0.25) is 9.69 Å². The topological polar surface area (TPSA) is 105 Å². The highest BCUT2D eigenvalue weighted by Crippen LogP contribution is 2.38. The number of nitrogens with one attached hydrogen (secondary N) is 2. The Kier molecular flexibility index (Phi) is 6.57. The van der Waals surface area contributed by atoms with E-state index in [2.05, 4.69) is 67.5 Å². The average molecular weight is 472 g/mol. The maximum atomic E-state index is 12.4. The number of hydrogen-bond acceptors (Lipinski definition) is 8. The van der Waals surface area contributed by atoms with Crippen LogP contribution in [0.4, 0.5) is 11.6 Å². The fourth-order valence-corrected chi connectivity index (χ4v) is 4.30. The molecule has 1 aliphatic carbocycles. The smallest absolute Gasteiger partial charge is 0.228 e. The minimum atomic E-state index is -0.0162. The van der Waals surface area contributed by atoms with Crippen molar-refractivity contribution in [2.45, 2.75) is 32.9 Å². The zero-order valence-electron chi connectivity index (χ0n) is 20.2. The number of pyridine rings is 2. The number of carbonyl (C=O) groups excluding carboxylic acids is 1. The van der Waals surface area contributed by atoms with Gasteiger partial charge in [0.15, 0.2) is 11.6 Å². The lowest BCUT2D eigenvalue weighted by molar-refractivity contribution is -0.117. The fourth-order valence-electron chi connectivity index (χ4n) is 4.30. The van der Waals surface area contributed by atoms with E-state index in [1.165, 1.54) is 0 Å². The molecule has 2 N–H and O–H groups in total. The van der Waals surface area contributed by atoms with Crippen molar-refractivity contribution >= 4 is 28.4 Å². The van der Waals surface area contributed by atoms with Gasteiger partial charge in [0, 0.05) is 50.4 Å². The van der Waals surface area contributed by atoms with E-state index < -0.39 is 0 Å². The molecular weight excluding hydrogens is 442 g/mol. The Bertz CT molecular complexity index is 1300. The van der Waals surface area contributed by atoms with Crippen LogP contribution >= 0.6 is 0 Å². The van der Waals surface area contributed by atoms with Gasteiger partial charge in [0.1, 0.15) is 11.2 Å². The van der Waals surface area contributed by atoms with E-state index in [9.17, 15) is 4.79 Å². The molecule has 35 heavy (non-hydrogen) atoms.